The maximum absolute atomic E-state index is 12.7. The van der Waals surface area contributed by atoms with Gasteiger partial charge in [0, 0.05) is 29.3 Å². The SMILES string of the molecule is CC1CCN(c2nnc(SC(C)C(=O)Nc3cccc(Br)c3)n2C2CC2)CC1. The van der Waals surface area contributed by atoms with Crippen LogP contribution in [0.3, 0.4) is 0 Å². The number of benzene rings is 1. The Bertz CT molecular complexity index is 845. The molecule has 150 valence electrons. The molecule has 8 heteroatoms. The van der Waals surface area contributed by atoms with Crippen molar-refractivity contribution in [3.63, 3.8) is 0 Å². The van der Waals surface area contributed by atoms with Crippen molar-refractivity contribution in [3.8, 4) is 0 Å². The number of nitrogens with zero attached hydrogens (tertiary/aromatic N) is 4. The molecule has 4 rings (SSSR count). The Balaban J connectivity index is 1.46. The number of rotatable bonds is 6. The van der Waals surface area contributed by atoms with Crippen molar-refractivity contribution in [2.75, 3.05) is 23.3 Å². The molecule has 1 saturated carbocycles. The number of carbonyl (C=O) groups is 1. The zero-order valence-electron chi connectivity index (χ0n) is 16.3. The highest BCUT2D eigenvalue weighted by atomic mass is 79.9. The van der Waals surface area contributed by atoms with Gasteiger partial charge in [0.15, 0.2) is 5.16 Å². The predicted molar refractivity (Wildman–Crippen MR) is 117 cm³/mol. The molecule has 2 aromatic rings. The minimum absolute atomic E-state index is 0.0261. The van der Waals surface area contributed by atoms with Crippen LogP contribution in [0, 0.1) is 5.92 Å². The van der Waals surface area contributed by atoms with Crippen LogP contribution in [0.5, 0.6) is 0 Å². The number of hydrogen-bond donors (Lipinski definition) is 1. The first-order valence-electron chi connectivity index (χ1n) is 9.94. The quantitative estimate of drug-likeness (QED) is 0.627. The highest BCUT2D eigenvalue weighted by Crippen LogP contribution is 2.42. The monoisotopic (exact) mass is 463 g/mol. The lowest BCUT2D eigenvalue weighted by molar-refractivity contribution is -0.115. The second-order valence-corrected chi connectivity index (χ2v) is 10.0. The van der Waals surface area contributed by atoms with Gasteiger partial charge in [-0.3, -0.25) is 9.36 Å². The van der Waals surface area contributed by atoms with E-state index in [1.165, 1.54) is 37.4 Å². The molecule has 0 bridgehead atoms. The van der Waals surface area contributed by atoms with Crippen molar-refractivity contribution in [1.29, 1.82) is 0 Å². The third-order valence-electron chi connectivity index (χ3n) is 5.37. The lowest BCUT2D eigenvalue weighted by atomic mass is 10.00. The summed E-state index contributed by atoms with van der Waals surface area (Å²) in [5, 5.41) is 12.6. The molecule has 1 aromatic heterocycles. The van der Waals surface area contributed by atoms with E-state index in [9.17, 15) is 4.79 Å². The molecule has 1 atom stereocenters. The van der Waals surface area contributed by atoms with Gasteiger partial charge in [0.1, 0.15) is 0 Å². The third kappa shape index (κ3) is 4.54. The first-order chi connectivity index (χ1) is 13.5. The van der Waals surface area contributed by atoms with Crippen LogP contribution in [0.2, 0.25) is 0 Å². The van der Waals surface area contributed by atoms with E-state index in [0.717, 1.165) is 40.3 Å². The van der Waals surface area contributed by atoms with Gasteiger partial charge in [0.25, 0.3) is 0 Å². The van der Waals surface area contributed by atoms with Gasteiger partial charge >= 0.3 is 0 Å². The molecule has 2 fully saturated rings. The molecule has 1 unspecified atom stereocenters. The van der Waals surface area contributed by atoms with Crippen LogP contribution in [0.4, 0.5) is 11.6 Å². The summed E-state index contributed by atoms with van der Waals surface area (Å²) in [6.45, 7) is 6.31. The topological polar surface area (TPSA) is 63.1 Å². The zero-order chi connectivity index (χ0) is 19.7. The molecule has 1 aromatic carbocycles. The summed E-state index contributed by atoms with van der Waals surface area (Å²) < 4.78 is 3.21. The van der Waals surface area contributed by atoms with E-state index in [1.807, 2.05) is 31.2 Å². The van der Waals surface area contributed by atoms with Crippen molar-refractivity contribution in [1.82, 2.24) is 14.8 Å². The fraction of sp³-hybridized carbons (Fsp3) is 0.550. The molecule has 2 aliphatic rings. The standard InChI is InChI=1S/C20H26BrN5OS/c1-13-8-10-25(11-9-13)19-23-24-20(26(19)17-6-7-17)28-14(2)18(27)22-16-5-3-4-15(21)12-16/h3-5,12-14,17H,6-11H2,1-2H3,(H,22,27). The first-order valence-corrected chi connectivity index (χ1v) is 11.6. The van der Waals surface area contributed by atoms with Crippen molar-refractivity contribution in [2.45, 2.75) is 56.0 Å². The third-order valence-corrected chi connectivity index (χ3v) is 6.92. The van der Waals surface area contributed by atoms with Gasteiger partial charge in [-0.15, -0.1) is 10.2 Å². The van der Waals surface area contributed by atoms with Gasteiger partial charge in [0.2, 0.25) is 11.9 Å². The fourth-order valence-electron chi connectivity index (χ4n) is 3.45. The van der Waals surface area contributed by atoms with Crippen molar-refractivity contribution < 1.29 is 4.79 Å². The summed E-state index contributed by atoms with van der Waals surface area (Å²) in [5.74, 6) is 1.74. The van der Waals surface area contributed by atoms with Gasteiger partial charge < -0.3 is 10.2 Å². The van der Waals surface area contributed by atoms with Crippen LogP contribution in [0.15, 0.2) is 33.9 Å². The average Bonchev–Trinajstić information content (AvgIpc) is 3.43. The van der Waals surface area contributed by atoms with Gasteiger partial charge in [0.05, 0.1) is 5.25 Å². The van der Waals surface area contributed by atoms with E-state index in [0.29, 0.717) is 6.04 Å². The molecule has 6 nitrogen and oxygen atoms in total. The fourth-order valence-corrected chi connectivity index (χ4v) is 4.76. The largest absolute Gasteiger partial charge is 0.341 e. The molecular weight excluding hydrogens is 438 g/mol. The van der Waals surface area contributed by atoms with E-state index in [-0.39, 0.29) is 11.2 Å². The molecule has 1 saturated heterocycles. The molecule has 1 aliphatic heterocycles. The molecular formula is C20H26BrN5OS. The maximum atomic E-state index is 12.7. The van der Waals surface area contributed by atoms with Gasteiger partial charge in [-0.25, -0.2) is 0 Å². The minimum Gasteiger partial charge on any atom is -0.341 e. The Labute approximate surface area is 178 Å². The molecule has 28 heavy (non-hydrogen) atoms. The van der Waals surface area contributed by atoms with E-state index < -0.39 is 0 Å². The normalized spacial score (nSPS) is 18.9. The van der Waals surface area contributed by atoms with Crippen LogP contribution in [-0.2, 0) is 4.79 Å². The predicted octanol–water partition coefficient (Wildman–Crippen LogP) is 4.73. The average molecular weight is 464 g/mol. The first kappa shape index (κ1) is 19.8. The number of anilines is 2. The van der Waals surface area contributed by atoms with Crippen molar-refractivity contribution in [2.24, 2.45) is 5.92 Å². The number of halogens is 1. The lowest BCUT2D eigenvalue weighted by Gasteiger charge is -2.31. The lowest BCUT2D eigenvalue weighted by Crippen LogP contribution is -2.34. The van der Waals surface area contributed by atoms with Gasteiger partial charge in [-0.2, -0.15) is 0 Å². The summed E-state index contributed by atoms with van der Waals surface area (Å²) in [6.07, 6.45) is 4.74. The van der Waals surface area contributed by atoms with Crippen molar-refractivity contribution in [3.05, 3.63) is 28.7 Å². The maximum Gasteiger partial charge on any atom is 0.237 e. The minimum atomic E-state index is -0.255. The van der Waals surface area contributed by atoms with Crippen LogP contribution < -0.4 is 10.2 Å². The van der Waals surface area contributed by atoms with Gasteiger partial charge in [-0.1, -0.05) is 40.7 Å². The summed E-state index contributed by atoms with van der Waals surface area (Å²) >= 11 is 4.93. The van der Waals surface area contributed by atoms with E-state index in [1.54, 1.807) is 0 Å². The molecule has 0 radical (unpaired) electrons. The summed E-state index contributed by atoms with van der Waals surface area (Å²) in [5.41, 5.74) is 0.790. The van der Waals surface area contributed by atoms with Crippen molar-refractivity contribution >= 4 is 45.2 Å². The van der Waals surface area contributed by atoms with E-state index >= 15 is 0 Å². The summed E-state index contributed by atoms with van der Waals surface area (Å²) in [6, 6.07) is 8.12. The van der Waals surface area contributed by atoms with E-state index in [2.05, 4.69) is 47.8 Å². The van der Waals surface area contributed by atoms with Crippen LogP contribution in [-0.4, -0.2) is 39.0 Å². The number of thioether (sulfide) groups is 1. The highest BCUT2D eigenvalue weighted by molar-refractivity contribution is 9.10. The Morgan fingerprint density at radius 2 is 2.00 bits per heavy atom. The smallest absolute Gasteiger partial charge is 0.237 e. The molecule has 2 heterocycles. The Morgan fingerprint density at radius 3 is 2.68 bits per heavy atom. The number of aromatic nitrogens is 3. The number of carbonyl (C=O) groups excluding carboxylic acids is 1. The van der Waals surface area contributed by atoms with Crippen LogP contribution in [0.1, 0.15) is 45.6 Å². The van der Waals surface area contributed by atoms with Crippen LogP contribution in [0.25, 0.3) is 0 Å². The Kier molecular flexibility index (Phi) is 5.96. The number of nitrogens with one attached hydrogen (secondary N) is 1. The Hall–Kier alpha value is -1.54. The molecule has 1 aliphatic carbocycles. The zero-order valence-corrected chi connectivity index (χ0v) is 18.7. The number of hydrogen-bond acceptors (Lipinski definition) is 5. The van der Waals surface area contributed by atoms with Gasteiger partial charge in [-0.05, 0) is 56.7 Å². The summed E-state index contributed by atoms with van der Waals surface area (Å²) in [7, 11) is 0. The Morgan fingerprint density at radius 1 is 1.25 bits per heavy atom. The second-order valence-electron chi connectivity index (χ2n) is 7.81. The molecule has 0 spiro atoms. The number of piperidine rings is 1. The number of amides is 1. The highest BCUT2D eigenvalue weighted by Gasteiger charge is 2.33. The molecule has 1 N–H and O–H groups in total. The van der Waals surface area contributed by atoms with E-state index in [4.69, 9.17) is 0 Å². The molecule has 1 amide bonds. The van der Waals surface area contributed by atoms with Crippen LogP contribution >= 0.6 is 27.7 Å². The summed E-state index contributed by atoms with van der Waals surface area (Å²) in [4.78, 5) is 15.0. The second kappa shape index (κ2) is 8.45.